The standard InChI is InChI=1S/C24H24ClN5/c25-20-10-8-18(9-11-20)22-15-27-28-24(22)19-5-3-13-29(16-19)17-21-6-4-14-30(21)23-7-1-2-12-26-23/h1-2,4,6-12,14-15,19H,3,5,13,16-17H2,(H,27,28)/t19-/m0/s1. The van der Waals surface area contributed by atoms with Gasteiger partial charge in [0.25, 0.3) is 0 Å². The molecule has 6 heteroatoms. The van der Waals surface area contributed by atoms with Crippen LogP contribution in [-0.4, -0.2) is 37.7 Å². The van der Waals surface area contributed by atoms with Crippen LogP contribution in [-0.2, 0) is 6.54 Å². The van der Waals surface area contributed by atoms with Gasteiger partial charge in [-0.2, -0.15) is 5.10 Å². The van der Waals surface area contributed by atoms with E-state index in [9.17, 15) is 0 Å². The molecule has 0 amide bonds. The van der Waals surface area contributed by atoms with Crippen LogP contribution in [0.15, 0.2) is 73.2 Å². The smallest absolute Gasteiger partial charge is 0.136 e. The molecule has 1 aliphatic heterocycles. The maximum Gasteiger partial charge on any atom is 0.136 e. The molecule has 0 spiro atoms. The molecule has 152 valence electrons. The summed E-state index contributed by atoms with van der Waals surface area (Å²) < 4.78 is 2.18. The molecule has 0 saturated carbocycles. The van der Waals surface area contributed by atoms with Crippen LogP contribution in [0.2, 0.25) is 5.02 Å². The van der Waals surface area contributed by atoms with Crippen molar-refractivity contribution in [2.45, 2.75) is 25.3 Å². The van der Waals surface area contributed by atoms with Gasteiger partial charge in [0, 0.05) is 53.4 Å². The predicted molar refractivity (Wildman–Crippen MR) is 120 cm³/mol. The Kier molecular flexibility index (Phi) is 5.39. The third-order valence-electron chi connectivity index (χ3n) is 5.85. The van der Waals surface area contributed by atoms with Crippen LogP contribution < -0.4 is 0 Å². The van der Waals surface area contributed by atoms with E-state index in [1.165, 1.54) is 29.8 Å². The normalized spacial score (nSPS) is 17.3. The third-order valence-corrected chi connectivity index (χ3v) is 6.10. The summed E-state index contributed by atoms with van der Waals surface area (Å²) in [5.74, 6) is 1.40. The van der Waals surface area contributed by atoms with Crippen molar-refractivity contribution in [2.75, 3.05) is 13.1 Å². The van der Waals surface area contributed by atoms with Crippen LogP contribution in [0.25, 0.3) is 16.9 Å². The van der Waals surface area contributed by atoms with Crippen molar-refractivity contribution >= 4 is 11.6 Å². The van der Waals surface area contributed by atoms with Crippen molar-refractivity contribution in [3.05, 3.63) is 89.6 Å². The number of likely N-dealkylation sites (tertiary alicyclic amines) is 1. The summed E-state index contributed by atoms with van der Waals surface area (Å²) in [7, 11) is 0. The van der Waals surface area contributed by atoms with E-state index in [1.807, 2.05) is 42.7 Å². The highest BCUT2D eigenvalue weighted by molar-refractivity contribution is 6.30. The molecule has 0 bridgehead atoms. The first-order valence-corrected chi connectivity index (χ1v) is 10.7. The molecule has 1 atom stereocenters. The molecule has 3 aromatic heterocycles. The second-order valence-corrected chi connectivity index (χ2v) is 8.27. The highest BCUT2D eigenvalue weighted by Crippen LogP contribution is 2.34. The number of aromatic nitrogens is 4. The first-order valence-electron chi connectivity index (χ1n) is 10.4. The monoisotopic (exact) mass is 417 g/mol. The molecular formula is C24H24ClN5. The largest absolute Gasteiger partial charge is 0.304 e. The fourth-order valence-electron chi connectivity index (χ4n) is 4.40. The van der Waals surface area contributed by atoms with Crippen molar-refractivity contribution in [1.29, 1.82) is 0 Å². The lowest BCUT2D eigenvalue weighted by atomic mass is 9.90. The average molecular weight is 418 g/mol. The molecule has 1 fully saturated rings. The van der Waals surface area contributed by atoms with Gasteiger partial charge in [0.1, 0.15) is 5.82 Å². The summed E-state index contributed by atoms with van der Waals surface area (Å²) in [6.07, 6.45) is 8.21. The van der Waals surface area contributed by atoms with Crippen molar-refractivity contribution in [2.24, 2.45) is 0 Å². The lowest BCUT2D eigenvalue weighted by Gasteiger charge is -2.32. The van der Waals surface area contributed by atoms with E-state index in [4.69, 9.17) is 11.6 Å². The van der Waals surface area contributed by atoms with E-state index in [0.29, 0.717) is 5.92 Å². The molecule has 5 rings (SSSR count). The van der Waals surface area contributed by atoms with E-state index >= 15 is 0 Å². The second kappa shape index (κ2) is 8.46. The molecule has 1 aliphatic rings. The summed E-state index contributed by atoms with van der Waals surface area (Å²) in [6.45, 7) is 3.02. The maximum atomic E-state index is 6.07. The minimum absolute atomic E-state index is 0.435. The number of benzene rings is 1. The van der Waals surface area contributed by atoms with E-state index in [1.54, 1.807) is 0 Å². The van der Waals surface area contributed by atoms with E-state index in [-0.39, 0.29) is 0 Å². The topological polar surface area (TPSA) is 49.7 Å². The van der Waals surface area contributed by atoms with Gasteiger partial charge in [0.2, 0.25) is 0 Å². The number of nitrogens with one attached hydrogen (secondary N) is 1. The molecule has 1 aromatic carbocycles. The predicted octanol–water partition coefficient (Wildman–Crippen LogP) is 5.30. The highest BCUT2D eigenvalue weighted by atomic mass is 35.5. The summed E-state index contributed by atoms with van der Waals surface area (Å²) in [5.41, 5.74) is 4.82. The van der Waals surface area contributed by atoms with Crippen LogP contribution in [0.5, 0.6) is 0 Å². The Bertz CT molecular complexity index is 1100. The summed E-state index contributed by atoms with van der Waals surface area (Å²) >= 11 is 6.07. The number of nitrogens with zero attached hydrogens (tertiary/aromatic N) is 4. The van der Waals surface area contributed by atoms with Crippen LogP contribution >= 0.6 is 11.6 Å². The fraction of sp³-hybridized carbons (Fsp3) is 0.250. The van der Waals surface area contributed by atoms with Crippen LogP contribution in [0.1, 0.15) is 30.1 Å². The van der Waals surface area contributed by atoms with Crippen molar-refractivity contribution < 1.29 is 0 Å². The number of hydrogen-bond acceptors (Lipinski definition) is 3. The van der Waals surface area contributed by atoms with E-state index in [0.717, 1.165) is 36.0 Å². The Balaban J connectivity index is 1.34. The van der Waals surface area contributed by atoms with Gasteiger partial charge in [0.05, 0.1) is 6.20 Å². The zero-order valence-electron chi connectivity index (χ0n) is 16.7. The molecule has 0 unspecified atom stereocenters. The zero-order valence-corrected chi connectivity index (χ0v) is 17.5. The third kappa shape index (κ3) is 3.91. The van der Waals surface area contributed by atoms with Crippen LogP contribution in [0.3, 0.4) is 0 Å². The quantitative estimate of drug-likeness (QED) is 0.479. The van der Waals surface area contributed by atoms with Gasteiger partial charge in [-0.3, -0.25) is 10.00 Å². The summed E-state index contributed by atoms with van der Waals surface area (Å²) in [4.78, 5) is 7.04. The number of H-pyrrole nitrogens is 1. The molecule has 1 N–H and O–H groups in total. The minimum atomic E-state index is 0.435. The van der Waals surface area contributed by atoms with Gasteiger partial charge in [-0.25, -0.2) is 4.98 Å². The molecule has 5 nitrogen and oxygen atoms in total. The molecule has 0 aliphatic carbocycles. The molecule has 30 heavy (non-hydrogen) atoms. The van der Waals surface area contributed by atoms with Crippen LogP contribution in [0, 0.1) is 0 Å². The number of halogens is 1. The Hall–Kier alpha value is -2.89. The van der Waals surface area contributed by atoms with Gasteiger partial charge in [-0.1, -0.05) is 29.8 Å². The first-order chi connectivity index (χ1) is 14.8. The number of rotatable bonds is 5. The molecule has 0 radical (unpaired) electrons. The zero-order chi connectivity index (χ0) is 20.3. The Morgan fingerprint density at radius 1 is 1.07 bits per heavy atom. The molecular weight excluding hydrogens is 394 g/mol. The Morgan fingerprint density at radius 3 is 2.80 bits per heavy atom. The Labute approximate surface area is 181 Å². The number of piperidine rings is 1. The van der Waals surface area contributed by atoms with Gasteiger partial charge in [-0.15, -0.1) is 0 Å². The van der Waals surface area contributed by atoms with Crippen molar-refractivity contribution in [3.63, 3.8) is 0 Å². The molecule has 4 heterocycles. The lowest BCUT2D eigenvalue weighted by Crippen LogP contribution is -2.34. The minimum Gasteiger partial charge on any atom is -0.304 e. The van der Waals surface area contributed by atoms with E-state index < -0.39 is 0 Å². The summed E-state index contributed by atoms with van der Waals surface area (Å²) in [5, 5.41) is 8.40. The molecule has 4 aromatic rings. The average Bonchev–Trinajstić information content (AvgIpc) is 3.45. The van der Waals surface area contributed by atoms with Crippen molar-refractivity contribution in [1.82, 2.24) is 24.6 Å². The molecule has 1 saturated heterocycles. The van der Waals surface area contributed by atoms with Gasteiger partial charge < -0.3 is 4.57 Å². The van der Waals surface area contributed by atoms with Crippen molar-refractivity contribution in [3.8, 4) is 16.9 Å². The number of hydrogen-bond donors (Lipinski definition) is 1. The SMILES string of the molecule is Clc1ccc(-c2cn[nH]c2[C@H]2CCCN(Cc3cccn3-c3ccccn3)C2)cc1. The fourth-order valence-corrected chi connectivity index (χ4v) is 4.52. The number of pyridine rings is 1. The maximum absolute atomic E-state index is 6.07. The first kappa shape index (κ1) is 19.1. The van der Waals surface area contributed by atoms with Gasteiger partial charge >= 0.3 is 0 Å². The Morgan fingerprint density at radius 2 is 1.97 bits per heavy atom. The van der Waals surface area contributed by atoms with Crippen LogP contribution in [0.4, 0.5) is 0 Å². The highest BCUT2D eigenvalue weighted by Gasteiger charge is 2.25. The number of aromatic amines is 1. The lowest BCUT2D eigenvalue weighted by molar-refractivity contribution is 0.195. The second-order valence-electron chi connectivity index (χ2n) is 7.84. The van der Waals surface area contributed by atoms with E-state index in [2.05, 4.69) is 55.1 Å². The summed E-state index contributed by atoms with van der Waals surface area (Å²) in [6, 6.07) is 18.3. The van der Waals surface area contributed by atoms with Gasteiger partial charge in [-0.05, 0) is 61.3 Å². The van der Waals surface area contributed by atoms with Gasteiger partial charge in [0.15, 0.2) is 0 Å².